The molecule has 0 saturated carbocycles. The lowest BCUT2D eigenvalue weighted by Crippen LogP contribution is -2.17. The Bertz CT molecular complexity index is 714. The first-order valence-electron chi connectivity index (χ1n) is 6.47. The van der Waals surface area contributed by atoms with Gasteiger partial charge in [-0.05, 0) is 42.0 Å². The van der Waals surface area contributed by atoms with E-state index < -0.39 is 5.91 Å². The van der Waals surface area contributed by atoms with Crippen molar-refractivity contribution in [2.24, 2.45) is 5.10 Å². The molecular weight excluding hydrogens is 302 g/mol. The van der Waals surface area contributed by atoms with Crippen molar-refractivity contribution in [2.75, 3.05) is 12.3 Å². The summed E-state index contributed by atoms with van der Waals surface area (Å²) in [6.07, 6.45) is 1.12. The van der Waals surface area contributed by atoms with Crippen LogP contribution in [-0.2, 0) is 0 Å². The van der Waals surface area contributed by atoms with Crippen molar-refractivity contribution >= 4 is 17.8 Å². The van der Waals surface area contributed by atoms with Gasteiger partial charge in [0.25, 0.3) is 5.91 Å². The Hall–Kier alpha value is -3.10. The summed E-state index contributed by atoms with van der Waals surface area (Å²) < 4.78 is 4.99. The molecule has 0 unspecified atom stereocenters. The SMILES string of the molecule is COc1ccc(C(=O)N/N=C\c2cc(N(O)O)ccc2[O-])cc1. The largest absolute Gasteiger partial charge is 0.872 e. The summed E-state index contributed by atoms with van der Waals surface area (Å²) in [5.41, 5.74) is 2.73. The molecule has 2 aromatic rings. The summed E-state index contributed by atoms with van der Waals surface area (Å²) in [5, 5.41) is 33.0. The van der Waals surface area contributed by atoms with E-state index in [-0.39, 0.29) is 22.2 Å². The van der Waals surface area contributed by atoms with Gasteiger partial charge < -0.3 is 9.84 Å². The van der Waals surface area contributed by atoms with Crippen LogP contribution in [0.25, 0.3) is 0 Å². The average Bonchev–Trinajstić information content (AvgIpc) is 2.56. The number of rotatable bonds is 5. The Morgan fingerprint density at radius 2 is 1.96 bits per heavy atom. The predicted molar refractivity (Wildman–Crippen MR) is 80.0 cm³/mol. The zero-order chi connectivity index (χ0) is 16.8. The van der Waals surface area contributed by atoms with Crippen molar-refractivity contribution in [1.82, 2.24) is 5.43 Å². The van der Waals surface area contributed by atoms with Gasteiger partial charge in [-0.25, -0.2) is 5.43 Å². The van der Waals surface area contributed by atoms with Crippen molar-refractivity contribution in [3.8, 4) is 11.5 Å². The molecule has 0 atom stereocenters. The molecule has 2 rings (SSSR count). The number of anilines is 1. The fraction of sp³-hybridized carbons (Fsp3) is 0.0667. The van der Waals surface area contributed by atoms with E-state index in [1.54, 1.807) is 24.3 Å². The molecule has 0 radical (unpaired) electrons. The van der Waals surface area contributed by atoms with E-state index in [0.717, 1.165) is 12.3 Å². The summed E-state index contributed by atoms with van der Waals surface area (Å²) in [5.74, 6) is -0.216. The van der Waals surface area contributed by atoms with Gasteiger partial charge in [-0.1, -0.05) is 11.8 Å². The number of ether oxygens (including phenoxy) is 1. The van der Waals surface area contributed by atoms with Crippen LogP contribution in [0, 0.1) is 0 Å². The molecule has 0 bridgehead atoms. The molecule has 3 N–H and O–H groups in total. The molecule has 0 heterocycles. The van der Waals surface area contributed by atoms with Crippen LogP contribution in [-0.4, -0.2) is 29.6 Å². The lowest BCUT2D eigenvalue weighted by Gasteiger charge is -2.14. The molecule has 0 aliphatic heterocycles. The van der Waals surface area contributed by atoms with Crippen LogP contribution in [0.15, 0.2) is 47.6 Å². The average molecular weight is 316 g/mol. The maximum atomic E-state index is 11.9. The van der Waals surface area contributed by atoms with Crippen LogP contribution in [0.5, 0.6) is 11.5 Å². The highest BCUT2D eigenvalue weighted by Crippen LogP contribution is 2.19. The van der Waals surface area contributed by atoms with Gasteiger partial charge in [-0.15, -0.1) is 5.23 Å². The highest BCUT2D eigenvalue weighted by molar-refractivity contribution is 5.95. The van der Waals surface area contributed by atoms with Crippen molar-refractivity contribution in [3.05, 3.63) is 53.6 Å². The summed E-state index contributed by atoms with van der Waals surface area (Å²) in [6.45, 7) is 0. The fourth-order valence-electron chi connectivity index (χ4n) is 1.73. The molecule has 0 fully saturated rings. The van der Waals surface area contributed by atoms with Gasteiger partial charge in [-0.3, -0.25) is 15.2 Å². The molecule has 8 heteroatoms. The van der Waals surface area contributed by atoms with Gasteiger partial charge >= 0.3 is 0 Å². The number of carbonyl (C=O) groups is 1. The zero-order valence-corrected chi connectivity index (χ0v) is 12.1. The molecule has 0 saturated heterocycles. The monoisotopic (exact) mass is 316 g/mol. The first kappa shape index (κ1) is 16.3. The Kier molecular flexibility index (Phi) is 5.13. The third-order valence-electron chi connectivity index (χ3n) is 2.95. The van der Waals surface area contributed by atoms with Gasteiger partial charge in [0.05, 0.1) is 19.0 Å². The van der Waals surface area contributed by atoms with Crippen LogP contribution < -0.4 is 20.5 Å². The van der Waals surface area contributed by atoms with E-state index in [9.17, 15) is 9.90 Å². The van der Waals surface area contributed by atoms with Gasteiger partial charge in [0.15, 0.2) is 0 Å². The lowest BCUT2D eigenvalue weighted by molar-refractivity contribution is -0.268. The van der Waals surface area contributed by atoms with Crippen LogP contribution in [0.1, 0.15) is 15.9 Å². The maximum Gasteiger partial charge on any atom is 0.271 e. The van der Waals surface area contributed by atoms with Crippen molar-refractivity contribution in [3.63, 3.8) is 0 Å². The smallest absolute Gasteiger partial charge is 0.271 e. The molecule has 8 nitrogen and oxygen atoms in total. The Balaban J connectivity index is 2.05. The Morgan fingerprint density at radius 3 is 2.57 bits per heavy atom. The topological polar surface area (TPSA) is 117 Å². The first-order chi connectivity index (χ1) is 11.0. The number of nitrogens with one attached hydrogen (secondary N) is 1. The van der Waals surface area contributed by atoms with E-state index >= 15 is 0 Å². The first-order valence-corrected chi connectivity index (χ1v) is 6.47. The molecule has 1 amide bonds. The minimum atomic E-state index is -0.460. The second-order valence-corrected chi connectivity index (χ2v) is 4.44. The number of hydrazone groups is 1. The number of nitrogens with zero attached hydrogens (tertiary/aromatic N) is 2. The highest BCUT2D eigenvalue weighted by Gasteiger charge is 2.04. The summed E-state index contributed by atoms with van der Waals surface area (Å²) in [4.78, 5) is 11.9. The molecule has 0 aromatic heterocycles. The third-order valence-corrected chi connectivity index (χ3v) is 2.95. The van der Waals surface area contributed by atoms with Crippen molar-refractivity contribution < 1.29 is 25.1 Å². The van der Waals surface area contributed by atoms with E-state index in [1.807, 2.05) is 0 Å². The van der Waals surface area contributed by atoms with Crippen LogP contribution in [0.4, 0.5) is 5.69 Å². The highest BCUT2D eigenvalue weighted by atomic mass is 16.8. The van der Waals surface area contributed by atoms with E-state index in [0.29, 0.717) is 11.3 Å². The standard InChI is InChI=1S/C15H15N3O5/c1-23-13-5-2-10(3-6-13)15(20)17-16-9-11-8-12(18(21)22)4-7-14(11)19/h2-9,19,21-22H,1H3,(H,17,20)/p-1/b16-9-. The summed E-state index contributed by atoms with van der Waals surface area (Å²) in [7, 11) is 1.52. The van der Waals surface area contributed by atoms with Crippen LogP contribution in [0.3, 0.4) is 0 Å². The third kappa shape index (κ3) is 4.19. The van der Waals surface area contributed by atoms with Gasteiger partial charge in [0, 0.05) is 5.56 Å². The minimum absolute atomic E-state index is 0.00692. The minimum Gasteiger partial charge on any atom is -0.872 e. The van der Waals surface area contributed by atoms with Gasteiger partial charge in [0.2, 0.25) is 0 Å². The summed E-state index contributed by atoms with van der Waals surface area (Å²) >= 11 is 0. The molecular formula is C15H14N3O5-. The van der Waals surface area contributed by atoms with E-state index in [2.05, 4.69) is 10.5 Å². The normalized spacial score (nSPS) is 10.6. The van der Waals surface area contributed by atoms with Crippen LogP contribution >= 0.6 is 0 Å². The number of amides is 1. The lowest BCUT2D eigenvalue weighted by atomic mass is 10.2. The van der Waals surface area contributed by atoms with Gasteiger partial charge in [-0.2, -0.15) is 5.10 Å². The Morgan fingerprint density at radius 1 is 1.26 bits per heavy atom. The maximum absolute atomic E-state index is 11.9. The molecule has 23 heavy (non-hydrogen) atoms. The number of hydrogen-bond donors (Lipinski definition) is 3. The van der Waals surface area contributed by atoms with Gasteiger partial charge in [0.1, 0.15) is 5.75 Å². The fourth-order valence-corrected chi connectivity index (χ4v) is 1.73. The molecule has 0 aliphatic rings. The molecule has 0 aliphatic carbocycles. The van der Waals surface area contributed by atoms with Crippen molar-refractivity contribution in [1.29, 1.82) is 0 Å². The quantitative estimate of drug-likeness (QED) is 0.562. The summed E-state index contributed by atoms with van der Waals surface area (Å²) in [6, 6.07) is 10.0. The predicted octanol–water partition coefficient (Wildman–Crippen LogP) is 1.12. The number of benzene rings is 2. The van der Waals surface area contributed by atoms with Crippen LogP contribution in [0.2, 0.25) is 0 Å². The van der Waals surface area contributed by atoms with Crippen molar-refractivity contribution in [2.45, 2.75) is 0 Å². The molecule has 2 aromatic carbocycles. The second-order valence-electron chi connectivity index (χ2n) is 4.44. The number of methoxy groups -OCH3 is 1. The number of hydrogen-bond acceptors (Lipinski definition) is 7. The number of carbonyl (C=O) groups excluding carboxylic acids is 1. The second kappa shape index (κ2) is 7.25. The van der Waals surface area contributed by atoms with E-state index in [1.165, 1.54) is 19.2 Å². The molecule has 0 spiro atoms. The zero-order valence-electron chi connectivity index (χ0n) is 12.1. The molecule has 120 valence electrons. The van der Waals surface area contributed by atoms with E-state index in [4.69, 9.17) is 15.2 Å². The Labute approximate surface area is 131 Å².